The number of pyridine rings is 1. The van der Waals surface area contributed by atoms with E-state index in [1.165, 1.54) is 16.8 Å². The summed E-state index contributed by atoms with van der Waals surface area (Å²) in [5.74, 6) is 0. The third-order valence-electron chi connectivity index (χ3n) is 2.74. The van der Waals surface area contributed by atoms with E-state index < -0.39 is 0 Å². The molecule has 1 nitrogen and oxygen atoms in total. The predicted octanol–water partition coefficient (Wildman–Crippen LogP) is 3.55. The van der Waals surface area contributed by atoms with Crippen molar-refractivity contribution < 1.29 is 0 Å². The van der Waals surface area contributed by atoms with Crippen LogP contribution in [0.4, 0.5) is 0 Å². The van der Waals surface area contributed by atoms with Crippen LogP contribution in [-0.2, 0) is 5.41 Å². The van der Waals surface area contributed by atoms with E-state index in [1.807, 2.05) is 0 Å². The van der Waals surface area contributed by atoms with Crippen molar-refractivity contribution in [2.24, 2.45) is 0 Å². The Bertz CT molecular complexity index is 458. The lowest BCUT2D eigenvalue weighted by molar-refractivity contribution is 0.585. The van der Waals surface area contributed by atoms with Crippen molar-refractivity contribution in [1.82, 2.24) is 4.40 Å². The topological polar surface area (TPSA) is 4.41 Å². The summed E-state index contributed by atoms with van der Waals surface area (Å²) in [5.41, 5.74) is 4.31. The summed E-state index contributed by atoms with van der Waals surface area (Å²) in [5, 5.41) is 0. The third kappa shape index (κ3) is 1.33. The van der Waals surface area contributed by atoms with E-state index >= 15 is 0 Å². The number of rotatable bonds is 0. The summed E-state index contributed by atoms with van der Waals surface area (Å²) >= 11 is 0. The normalized spacial score (nSPS) is 12.3. The number of aromatic nitrogens is 1. The molecule has 0 N–H and O–H groups in total. The first-order valence-corrected chi connectivity index (χ1v) is 5.07. The van der Waals surface area contributed by atoms with Crippen molar-refractivity contribution in [3.8, 4) is 0 Å². The van der Waals surface area contributed by atoms with Crippen molar-refractivity contribution in [3.05, 3.63) is 41.7 Å². The van der Waals surface area contributed by atoms with Gasteiger partial charge in [-0.3, -0.25) is 0 Å². The first-order valence-electron chi connectivity index (χ1n) is 5.07. The minimum Gasteiger partial charge on any atom is -0.321 e. The Kier molecular flexibility index (Phi) is 1.91. The zero-order valence-electron chi connectivity index (χ0n) is 9.33. The van der Waals surface area contributed by atoms with E-state index in [9.17, 15) is 0 Å². The zero-order valence-corrected chi connectivity index (χ0v) is 9.33. The minimum atomic E-state index is 0.232. The molecule has 2 heterocycles. The number of aryl methyl sites for hydroxylation is 1. The van der Waals surface area contributed by atoms with Gasteiger partial charge < -0.3 is 4.40 Å². The standard InChI is InChI=1S/C13H17N/c1-10-12(13(2,3)4)9-11-7-5-6-8-14(10)11/h5-9H,1-4H3. The van der Waals surface area contributed by atoms with E-state index in [0.29, 0.717) is 0 Å². The van der Waals surface area contributed by atoms with Crippen LogP contribution < -0.4 is 0 Å². The molecular formula is C13H17N. The Morgan fingerprint density at radius 2 is 1.86 bits per heavy atom. The van der Waals surface area contributed by atoms with Crippen LogP contribution in [0.2, 0.25) is 0 Å². The van der Waals surface area contributed by atoms with Crippen molar-refractivity contribution in [2.75, 3.05) is 0 Å². The molecular weight excluding hydrogens is 170 g/mol. The highest BCUT2D eigenvalue weighted by Crippen LogP contribution is 2.28. The molecule has 0 aliphatic rings. The molecule has 0 fully saturated rings. The summed E-state index contributed by atoms with van der Waals surface area (Å²) in [6.07, 6.45) is 2.12. The van der Waals surface area contributed by atoms with Gasteiger partial charge in [0.2, 0.25) is 0 Å². The maximum Gasteiger partial charge on any atom is 0.0455 e. The second kappa shape index (κ2) is 2.88. The lowest BCUT2D eigenvalue weighted by Gasteiger charge is -2.18. The van der Waals surface area contributed by atoms with Gasteiger partial charge in [0.25, 0.3) is 0 Å². The average molecular weight is 187 g/mol. The Morgan fingerprint density at radius 3 is 2.43 bits per heavy atom. The van der Waals surface area contributed by atoms with Gasteiger partial charge in [0.1, 0.15) is 0 Å². The fraction of sp³-hybridized carbons (Fsp3) is 0.385. The van der Waals surface area contributed by atoms with E-state index in [0.717, 1.165) is 0 Å². The van der Waals surface area contributed by atoms with Crippen molar-refractivity contribution in [3.63, 3.8) is 0 Å². The smallest absolute Gasteiger partial charge is 0.0455 e. The Morgan fingerprint density at radius 1 is 1.14 bits per heavy atom. The molecule has 0 unspecified atom stereocenters. The molecule has 2 rings (SSSR count). The quantitative estimate of drug-likeness (QED) is 0.594. The van der Waals surface area contributed by atoms with Crippen LogP contribution in [0.1, 0.15) is 32.0 Å². The zero-order chi connectivity index (χ0) is 10.3. The molecule has 0 atom stereocenters. The summed E-state index contributed by atoms with van der Waals surface area (Å²) in [4.78, 5) is 0. The summed E-state index contributed by atoms with van der Waals surface area (Å²) in [7, 11) is 0. The fourth-order valence-corrected chi connectivity index (χ4v) is 2.02. The van der Waals surface area contributed by atoms with Crippen LogP contribution in [0.3, 0.4) is 0 Å². The first-order chi connectivity index (χ1) is 6.50. The van der Waals surface area contributed by atoms with Gasteiger partial charge in [-0.25, -0.2) is 0 Å². The van der Waals surface area contributed by atoms with Gasteiger partial charge in [-0.15, -0.1) is 0 Å². The molecule has 0 amide bonds. The Balaban J connectivity index is 2.75. The SMILES string of the molecule is Cc1c(C(C)(C)C)cc2ccccn12. The number of hydrogen-bond acceptors (Lipinski definition) is 0. The molecule has 0 spiro atoms. The second-order valence-corrected chi connectivity index (χ2v) is 4.89. The average Bonchev–Trinajstić information content (AvgIpc) is 2.44. The van der Waals surface area contributed by atoms with Crippen LogP contribution >= 0.6 is 0 Å². The van der Waals surface area contributed by atoms with Gasteiger partial charge in [-0.2, -0.15) is 0 Å². The molecule has 0 saturated heterocycles. The van der Waals surface area contributed by atoms with Crippen LogP contribution in [0, 0.1) is 6.92 Å². The van der Waals surface area contributed by atoms with E-state index in [2.05, 4.69) is 62.6 Å². The Hall–Kier alpha value is -1.24. The highest BCUT2D eigenvalue weighted by Gasteiger charge is 2.18. The molecule has 0 bridgehead atoms. The van der Waals surface area contributed by atoms with Gasteiger partial charge in [0.05, 0.1) is 0 Å². The van der Waals surface area contributed by atoms with Crippen molar-refractivity contribution in [2.45, 2.75) is 33.1 Å². The molecule has 0 aromatic carbocycles. The largest absolute Gasteiger partial charge is 0.321 e. The number of fused-ring (bicyclic) bond motifs is 1. The summed E-state index contributed by atoms with van der Waals surface area (Å²) in [6.45, 7) is 8.96. The van der Waals surface area contributed by atoms with Crippen LogP contribution in [0.5, 0.6) is 0 Å². The molecule has 14 heavy (non-hydrogen) atoms. The van der Waals surface area contributed by atoms with Crippen molar-refractivity contribution >= 4 is 5.52 Å². The van der Waals surface area contributed by atoms with Gasteiger partial charge in [0, 0.05) is 17.4 Å². The first kappa shape index (κ1) is 9.32. The highest BCUT2D eigenvalue weighted by atomic mass is 14.9. The molecule has 0 aliphatic heterocycles. The molecule has 1 heteroatoms. The van der Waals surface area contributed by atoms with Crippen LogP contribution in [-0.4, -0.2) is 4.40 Å². The second-order valence-electron chi connectivity index (χ2n) is 4.89. The van der Waals surface area contributed by atoms with Gasteiger partial charge in [0.15, 0.2) is 0 Å². The molecule has 2 aromatic rings. The van der Waals surface area contributed by atoms with Crippen LogP contribution in [0.15, 0.2) is 30.5 Å². The van der Waals surface area contributed by atoms with Crippen LogP contribution in [0.25, 0.3) is 5.52 Å². The fourth-order valence-electron chi connectivity index (χ4n) is 2.02. The molecule has 2 aromatic heterocycles. The summed E-state index contributed by atoms with van der Waals surface area (Å²) < 4.78 is 2.25. The van der Waals surface area contributed by atoms with Gasteiger partial charge in [-0.05, 0) is 36.1 Å². The van der Waals surface area contributed by atoms with Gasteiger partial charge in [-0.1, -0.05) is 26.8 Å². The number of hydrogen-bond donors (Lipinski definition) is 0. The van der Waals surface area contributed by atoms with E-state index in [4.69, 9.17) is 0 Å². The predicted molar refractivity (Wildman–Crippen MR) is 60.8 cm³/mol. The highest BCUT2D eigenvalue weighted by molar-refractivity contribution is 5.54. The lowest BCUT2D eigenvalue weighted by atomic mass is 9.87. The summed E-state index contributed by atoms with van der Waals surface area (Å²) in [6, 6.07) is 8.60. The lowest BCUT2D eigenvalue weighted by Crippen LogP contribution is -2.11. The Labute approximate surface area is 85.4 Å². The number of nitrogens with zero attached hydrogens (tertiary/aromatic N) is 1. The maximum absolute atomic E-state index is 2.29. The third-order valence-corrected chi connectivity index (χ3v) is 2.74. The molecule has 74 valence electrons. The maximum atomic E-state index is 2.29. The van der Waals surface area contributed by atoms with E-state index in [1.54, 1.807) is 0 Å². The molecule has 0 aliphatic carbocycles. The minimum absolute atomic E-state index is 0.232. The van der Waals surface area contributed by atoms with Gasteiger partial charge >= 0.3 is 0 Å². The van der Waals surface area contributed by atoms with E-state index in [-0.39, 0.29) is 5.41 Å². The van der Waals surface area contributed by atoms with Crippen molar-refractivity contribution in [1.29, 1.82) is 0 Å². The molecule has 0 radical (unpaired) electrons. The monoisotopic (exact) mass is 187 g/mol. The molecule has 0 saturated carbocycles.